The lowest BCUT2D eigenvalue weighted by Gasteiger charge is -2.13. The fourth-order valence-corrected chi connectivity index (χ4v) is 2.33. The molecule has 0 aliphatic rings. The maximum absolute atomic E-state index is 11.6. The first-order chi connectivity index (χ1) is 9.24. The molecule has 112 valence electrons. The van der Waals surface area contributed by atoms with Crippen molar-refractivity contribution in [3.63, 3.8) is 0 Å². The van der Waals surface area contributed by atoms with Crippen LogP contribution in [0.3, 0.4) is 0 Å². The van der Waals surface area contributed by atoms with Crippen LogP contribution in [0.15, 0.2) is 23.1 Å². The molecule has 0 aliphatic heterocycles. The van der Waals surface area contributed by atoms with Crippen molar-refractivity contribution >= 4 is 25.6 Å². The van der Waals surface area contributed by atoms with Crippen LogP contribution in [0.1, 0.15) is 25.8 Å². The molecule has 0 heterocycles. The van der Waals surface area contributed by atoms with E-state index in [4.69, 9.17) is 15.4 Å². The fourth-order valence-electron chi connectivity index (χ4n) is 1.50. The van der Waals surface area contributed by atoms with Crippen LogP contribution in [0.5, 0.6) is 5.75 Å². The molecule has 0 radical (unpaired) electrons. The molecule has 0 fully saturated rings. The Morgan fingerprint density at radius 3 is 2.60 bits per heavy atom. The highest BCUT2D eigenvalue weighted by Gasteiger charge is 2.13. The van der Waals surface area contributed by atoms with Gasteiger partial charge in [-0.1, -0.05) is 6.92 Å². The molecule has 1 unspecified atom stereocenters. The predicted octanol–water partition coefficient (Wildman–Crippen LogP) is 2.22. The number of aryl methyl sites for hydroxylation is 1. The molecule has 7 heteroatoms. The summed E-state index contributed by atoms with van der Waals surface area (Å²) >= 11 is 0. The second-order valence-electron chi connectivity index (χ2n) is 4.53. The molecule has 1 atom stereocenters. The van der Waals surface area contributed by atoms with E-state index < -0.39 is 9.05 Å². The lowest BCUT2D eigenvalue weighted by molar-refractivity contribution is -0.123. The van der Waals surface area contributed by atoms with Gasteiger partial charge in [0.15, 0.2) is 6.61 Å². The maximum atomic E-state index is 11.6. The fraction of sp³-hybridized carbons (Fsp3) is 0.462. The monoisotopic (exact) mass is 319 g/mol. The van der Waals surface area contributed by atoms with Crippen LogP contribution in [-0.2, 0) is 13.8 Å². The van der Waals surface area contributed by atoms with Gasteiger partial charge in [0.1, 0.15) is 5.75 Å². The number of hydrogen-bond acceptors (Lipinski definition) is 4. The van der Waals surface area contributed by atoms with E-state index in [1.54, 1.807) is 6.92 Å². The highest BCUT2D eigenvalue weighted by molar-refractivity contribution is 8.13. The minimum atomic E-state index is -3.76. The van der Waals surface area contributed by atoms with E-state index in [-0.39, 0.29) is 23.5 Å². The zero-order chi connectivity index (χ0) is 15.3. The molecule has 0 bridgehead atoms. The Morgan fingerprint density at radius 1 is 1.45 bits per heavy atom. The van der Waals surface area contributed by atoms with Crippen LogP contribution in [0.25, 0.3) is 0 Å². The molecule has 5 nitrogen and oxygen atoms in total. The van der Waals surface area contributed by atoms with E-state index in [0.29, 0.717) is 11.3 Å². The molecule has 0 spiro atoms. The smallest absolute Gasteiger partial charge is 0.261 e. The van der Waals surface area contributed by atoms with Crippen molar-refractivity contribution in [3.8, 4) is 5.75 Å². The van der Waals surface area contributed by atoms with Crippen LogP contribution >= 0.6 is 10.7 Å². The van der Waals surface area contributed by atoms with E-state index in [9.17, 15) is 13.2 Å². The van der Waals surface area contributed by atoms with E-state index in [0.717, 1.165) is 6.42 Å². The number of carbonyl (C=O) groups excluding carboxylic acids is 1. The molecule has 0 saturated heterocycles. The van der Waals surface area contributed by atoms with Gasteiger partial charge >= 0.3 is 0 Å². The second-order valence-corrected chi connectivity index (χ2v) is 7.10. The van der Waals surface area contributed by atoms with Crippen LogP contribution in [-0.4, -0.2) is 27.0 Å². The topological polar surface area (TPSA) is 72.5 Å². The second kappa shape index (κ2) is 6.95. The third-order valence-corrected chi connectivity index (χ3v) is 4.16. The zero-order valence-electron chi connectivity index (χ0n) is 11.6. The molecule has 1 rings (SSSR count). The zero-order valence-corrected chi connectivity index (χ0v) is 13.2. The highest BCUT2D eigenvalue weighted by Crippen LogP contribution is 2.23. The van der Waals surface area contributed by atoms with Crippen molar-refractivity contribution in [2.24, 2.45) is 0 Å². The lowest BCUT2D eigenvalue weighted by atomic mass is 10.2. The predicted molar refractivity (Wildman–Crippen MR) is 77.6 cm³/mol. The summed E-state index contributed by atoms with van der Waals surface area (Å²) in [4.78, 5) is 11.6. The molecule has 1 aromatic carbocycles. The number of carbonyl (C=O) groups is 1. The maximum Gasteiger partial charge on any atom is 0.261 e. The van der Waals surface area contributed by atoms with Gasteiger partial charge < -0.3 is 10.1 Å². The van der Waals surface area contributed by atoms with E-state index in [2.05, 4.69) is 5.32 Å². The minimum absolute atomic E-state index is 0.00748. The van der Waals surface area contributed by atoms with Crippen molar-refractivity contribution in [2.75, 3.05) is 6.61 Å². The van der Waals surface area contributed by atoms with Crippen molar-refractivity contribution < 1.29 is 17.9 Å². The summed E-state index contributed by atoms with van der Waals surface area (Å²) in [5.41, 5.74) is 0.600. The Kier molecular flexibility index (Phi) is 5.83. The van der Waals surface area contributed by atoms with Crippen molar-refractivity contribution in [1.29, 1.82) is 0 Å². The van der Waals surface area contributed by atoms with Gasteiger partial charge in [0, 0.05) is 16.7 Å². The van der Waals surface area contributed by atoms with Crippen LogP contribution in [0.4, 0.5) is 0 Å². The molecule has 0 aromatic heterocycles. The number of amides is 1. The van der Waals surface area contributed by atoms with Crippen molar-refractivity contribution in [2.45, 2.75) is 38.1 Å². The van der Waals surface area contributed by atoms with Gasteiger partial charge in [0.2, 0.25) is 0 Å². The average Bonchev–Trinajstić information content (AvgIpc) is 2.35. The van der Waals surface area contributed by atoms with E-state index >= 15 is 0 Å². The normalized spacial score (nSPS) is 12.8. The van der Waals surface area contributed by atoms with Gasteiger partial charge in [-0.05, 0) is 44.0 Å². The minimum Gasteiger partial charge on any atom is -0.484 e. The van der Waals surface area contributed by atoms with E-state index in [1.165, 1.54) is 18.2 Å². The first-order valence-corrected chi connectivity index (χ1v) is 8.52. The lowest BCUT2D eigenvalue weighted by Crippen LogP contribution is -2.35. The van der Waals surface area contributed by atoms with Gasteiger partial charge in [0.25, 0.3) is 15.0 Å². The van der Waals surface area contributed by atoms with E-state index in [1.807, 2.05) is 13.8 Å². The third-order valence-electron chi connectivity index (χ3n) is 2.81. The molecule has 0 saturated carbocycles. The summed E-state index contributed by atoms with van der Waals surface area (Å²) in [6, 6.07) is 4.33. The third kappa shape index (κ3) is 5.02. The summed E-state index contributed by atoms with van der Waals surface area (Å²) in [5, 5.41) is 2.77. The summed E-state index contributed by atoms with van der Waals surface area (Å²) in [6.45, 7) is 5.45. The Hall–Kier alpha value is -1.27. The summed E-state index contributed by atoms with van der Waals surface area (Å²) in [7, 11) is 1.50. The Labute approximate surface area is 123 Å². The van der Waals surface area contributed by atoms with Crippen LogP contribution < -0.4 is 10.1 Å². The van der Waals surface area contributed by atoms with Crippen molar-refractivity contribution in [3.05, 3.63) is 23.8 Å². The van der Waals surface area contributed by atoms with Gasteiger partial charge in [-0.2, -0.15) is 0 Å². The average molecular weight is 320 g/mol. The summed E-state index contributed by atoms with van der Waals surface area (Å²) < 4.78 is 27.7. The number of nitrogens with one attached hydrogen (secondary N) is 1. The van der Waals surface area contributed by atoms with Gasteiger partial charge in [0.05, 0.1) is 4.90 Å². The number of ether oxygens (including phenoxy) is 1. The first kappa shape index (κ1) is 16.8. The number of halogens is 1. The molecular weight excluding hydrogens is 302 g/mol. The molecule has 0 aliphatic carbocycles. The first-order valence-electron chi connectivity index (χ1n) is 6.21. The molecule has 1 N–H and O–H groups in total. The summed E-state index contributed by atoms with van der Waals surface area (Å²) in [5.74, 6) is 0.237. The van der Waals surface area contributed by atoms with Gasteiger partial charge in [-0.3, -0.25) is 4.79 Å². The molecular formula is C13H18ClNO4S. The Morgan fingerprint density at radius 2 is 2.10 bits per heavy atom. The van der Waals surface area contributed by atoms with Gasteiger partial charge in [-0.15, -0.1) is 0 Å². The summed E-state index contributed by atoms with van der Waals surface area (Å²) in [6.07, 6.45) is 0.840. The molecule has 1 aromatic rings. The quantitative estimate of drug-likeness (QED) is 0.816. The van der Waals surface area contributed by atoms with Crippen molar-refractivity contribution in [1.82, 2.24) is 5.32 Å². The standard InChI is InChI=1S/C13H18ClNO4S/c1-4-10(3)15-13(16)8-19-12-6-5-11(7-9(12)2)20(14,17)18/h5-7,10H,4,8H2,1-3H3,(H,15,16). The SMILES string of the molecule is CCC(C)NC(=O)COc1ccc(S(=O)(=O)Cl)cc1C. The Balaban J connectivity index is 2.68. The Bertz CT molecular complexity index is 586. The number of rotatable bonds is 6. The molecule has 20 heavy (non-hydrogen) atoms. The van der Waals surface area contributed by atoms with Crippen LogP contribution in [0.2, 0.25) is 0 Å². The molecule has 1 amide bonds. The van der Waals surface area contributed by atoms with Crippen LogP contribution in [0, 0.1) is 6.92 Å². The van der Waals surface area contributed by atoms with Gasteiger partial charge in [-0.25, -0.2) is 8.42 Å². The number of hydrogen-bond donors (Lipinski definition) is 1. The largest absolute Gasteiger partial charge is 0.484 e. The number of benzene rings is 1. The highest BCUT2D eigenvalue weighted by atomic mass is 35.7.